The number of carbonyl (C=O) groups is 1. The minimum absolute atomic E-state index is 0.0665. The Hall–Kier alpha value is -1.52. The molecule has 13 heavy (non-hydrogen) atoms. The fraction of sp³-hybridized carbons (Fsp3) is 0.500. The fourth-order valence-electron chi connectivity index (χ4n) is 1.46. The number of nitrogens with zero attached hydrogens (tertiary/aromatic N) is 2. The second-order valence-corrected chi connectivity index (χ2v) is 3.09. The maximum atomic E-state index is 10.8. The molecule has 0 radical (unpaired) electrons. The summed E-state index contributed by atoms with van der Waals surface area (Å²) in [5.74, 6) is 0.852. The van der Waals surface area contributed by atoms with E-state index < -0.39 is 0 Å². The van der Waals surface area contributed by atoms with Crippen LogP contribution in [0.1, 0.15) is 13.3 Å². The van der Waals surface area contributed by atoms with Crippen LogP contribution in [0.25, 0.3) is 0 Å². The van der Waals surface area contributed by atoms with Crippen LogP contribution >= 0.6 is 0 Å². The van der Waals surface area contributed by atoms with Crippen molar-refractivity contribution in [3.05, 3.63) is 6.20 Å². The lowest BCUT2D eigenvalue weighted by atomic mass is 10.3. The zero-order valence-electron chi connectivity index (χ0n) is 7.50. The molecule has 5 heteroatoms. The van der Waals surface area contributed by atoms with Crippen molar-refractivity contribution in [3.63, 3.8) is 0 Å². The first kappa shape index (κ1) is 8.10. The van der Waals surface area contributed by atoms with Crippen LogP contribution in [-0.4, -0.2) is 22.2 Å². The Morgan fingerprint density at radius 2 is 2.62 bits per heavy atom. The zero-order chi connectivity index (χ0) is 9.26. The summed E-state index contributed by atoms with van der Waals surface area (Å²) in [7, 11) is 0. The van der Waals surface area contributed by atoms with Gasteiger partial charge in [-0.1, -0.05) is 0 Å². The largest absolute Gasteiger partial charge is 0.368 e. The molecule has 2 heterocycles. The molecule has 2 N–H and O–H groups in total. The van der Waals surface area contributed by atoms with Gasteiger partial charge in [0.15, 0.2) is 0 Å². The summed E-state index contributed by atoms with van der Waals surface area (Å²) in [6.45, 7) is 3.35. The first-order chi connectivity index (χ1) is 6.27. The molecule has 5 nitrogen and oxygen atoms in total. The molecule has 0 aliphatic carbocycles. The second kappa shape index (κ2) is 3.08. The Morgan fingerprint density at radius 3 is 3.38 bits per heavy atom. The third-order valence-corrected chi connectivity index (χ3v) is 1.99. The second-order valence-electron chi connectivity index (χ2n) is 3.09. The molecule has 0 saturated heterocycles. The highest BCUT2D eigenvalue weighted by Crippen LogP contribution is 2.23. The van der Waals surface area contributed by atoms with Gasteiger partial charge in [-0.25, -0.2) is 4.68 Å². The SMILES string of the molecule is CC(=O)Nc1cnn2c1NCCC2. The molecule has 1 aliphatic heterocycles. The van der Waals surface area contributed by atoms with Gasteiger partial charge in [0, 0.05) is 20.0 Å². The molecule has 70 valence electrons. The number of carbonyl (C=O) groups excluding carboxylic acids is 1. The number of anilines is 2. The highest BCUT2D eigenvalue weighted by atomic mass is 16.1. The van der Waals surface area contributed by atoms with E-state index in [1.54, 1.807) is 6.20 Å². The summed E-state index contributed by atoms with van der Waals surface area (Å²) < 4.78 is 1.87. The van der Waals surface area contributed by atoms with Gasteiger partial charge in [0.05, 0.1) is 6.20 Å². The number of hydrogen-bond donors (Lipinski definition) is 2. The van der Waals surface area contributed by atoms with Crippen LogP contribution in [0.3, 0.4) is 0 Å². The molecule has 1 aliphatic rings. The molecule has 0 saturated carbocycles. The summed E-state index contributed by atoms with van der Waals surface area (Å²) in [5.41, 5.74) is 0.771. The van der Waals surface area contributed by atoms with Gasteiger partial charge >= 0.3 is 0 Å². The molecule has 1 amide bonds. The van der Waals surface area contributed by atoms with Crippen molar-refractivity contribution in [3.8, 4) is 0 Å². The Labute approximate surface area is 76.1 Å². The third-order valence-electron chi connectivity index (χ3n) is 1.99. The molecule has 0 bridgehead atoms. The molecular formula is C8H12N4O. The highest BCUT2D eigenvalue weighted by molar-refractivity contribution is 5.91. The Bertz CT molecular complexity index is 331. The number of aryl methyl sites for hydroxylation is 1. The molecule has 0 atom stereocenters. The maximum absolute atomic E-state index is 10.8. The Morgan fingerprint density at radius 1 is 1.77 bits per heavy atom. The number of rotatable bonds is 1. The first-order valence-corrected chi connectivity index (χ1v) is 4.34. The van der Waals surface area contributed by atoms with Crippen LogP contribution in [0.2, 0.25) is 0 Å². The van der Waals surface area contributed by atoms with E-state index in [1.165, 1.54) is 6.92 Å². The van der Waals surface area contributed by atoms with E-state index in [4.69, 9.17) is 0 Å². The minimum atomic E-state index is -0.0665. The van der Waals surface area contributed by atoms with Crippen molar-refractivity contribution in [2.45, 2.75) is 19.9 Å². The highest BCUT2D eigenvalue weighted by Gasteiger charge is 2.14. The molecule has 1 aromatic rings. The number of nitrogens with one attached hydrogen (secondary N) is 2. The van der Waals surface area contributed by atoms with Crippen LogP contribution in [0.4, 0.5) is 11.5 Å². The quantitative estimate of drug-likeness (QED) is 0.667. The van der Waals surface area contributed by atoms with Crippen molar-refractivity contribution < 1.29 is 4.79 Å². The first-order valence-electron chi connectivity index (χ1n) is 4.34. The van der Waals surface area contributed by atoms with E-state index in [0.29, 0.717) is 0 Å². The molecule has 0 aromatic carbocycles. The average Bonchev–Trinajstić information content (AvgIpc) is 2.48. The predicted octanol–water partition coefficient (Wildman–Crippen LogP) is 0.657. The van der Waals surface area contributed by atoms with Gasteiger partial charge < -0.3 is 10.6 Å². The van der Waals surface area contributed by atoms with Gasteiger partial charge in [0.2, 0.25) is 5.91 Å². The van der Waals surface area contributed by atoms with E-state index in [2.05, 4.69) is 15.7 Å². The van der Waals surface area contributed by atoms with Crippen molar-refractivity contribution >= 4 is 17.4 Å². The topological polar surface area (TPSA) is 59.0 Å². The van der Waals surface area contributed by atoms with E-state index >= 15 is 0 Å². The smallest absolute Gasteiger partial charge is 0.221 e. The third kappa shape index (κ3) is 1.49. The molecule has 1 aromatic heterocycles. The predicted molar refractivity (Wildman–Crippen MR) is 49.6 cm³/mol. The lowest BCUT2D eigenvalue weighted by Crippen LogP contribution is -2.19. The Balaban J connectivity index is 2.26. The average molecular weight is 180 g/mol. The Kier molecular flexibility index (Phi) is 1.92. The summed E-state index contributed by atoms with van der Waals surface area (Å²) in [4.78, 5) is 10.8. The molecule has 0 spiro atoms. The van der Waals surface area contributed by atoms with Crippen molar-refractivity contribution in [2.75, 3.05) is 17.2 Å². The van der Waals surface area contributed by atoms with Crippen LogP contribution in [-0.2, 0) is 11.3 Å². The van der Waals surface area contributed by atoms with Gasteiger partial charge in [-0.2, -0.15) is 5.10 Å². The maximum Gasteiger partial charge on any atom is 0.221 e. The fourth-order valence-corrected chi connectivity index (χ4v) is 1.46. The van der Waals surface area contributed by atoms with Gasteiger partial charge in [0.1, 0.15) is 11.5 Å². The number of aromatic nitrogens is 2. The molecular weight excluding hydrogens is 168 g/mol. The van der Waals surface area contributed by atoms with Crippen molar-refractivity contribution in [1.29, 1.82) is 0 Å². The van der Waals surface area contributed by atoms with Gasteiger partial charge in [-0.3, -0.25) is 4.79 Å². The van der Waals surface area contributed by atoms with Crippen LogP contribution in [0, 0.1) is 0 Å². The van der Waals surface area contributed by atoms with E-state index in [1.807, 2.05) is 4.68 Å². The van der Waals surface area contributed by atoms with E-state index in [-0.39, 0.29) is 5.91 Å². The lowest BCUT2D eigenvalue weighted by Gasteiger charge is -2.16. The summed E-state index contributed by atoms with van der Waals surface area (Å²) >= 11 is 0. The summed E-state index contributed by atoms with van der Waals surface area (Å²) in [6.07, 6.45) is 2.75. The monoisotopic (exact) mass is 180 g/mol. The van der Waals surface area contributed by atoms with Crippen LogP contribution in [0.15, 0.2) is 6.20 Å². The molecule has 0 unspecified atom stereocenters. The zero-order valence-corrected chi connectivity index (χ0v) is 7.50. The standard InChI is InChI=1S/C8H12N4O/c1-6(13)11-7-5-10-12-4-2-3-9-8(7)12/h5,9H,2-4H2,1H3,(H,11,13). The van der Waals surface area contributed by atoms with Crippen LogP contribution in [0.5, 0.6) is 0 Å². The van der Waals surface area contributed by atoms with Gasteiger partial charge in [-0.05, 0) is 6.42 Å². The van der Waals surface area contributed by atoms with Gasteiger partial charge in [-0.15, -0.1) is 0 Å². The number of hydrogen-bond acceptors (Lipinski definition) is 3. The van der Waals surface area contributed by atoms with E-state index in [0.717, 1.165) is 31.0 Å². The van der Waals surface area contributed by atoms with E-state index in [9.17, 15) is 4.79 Å². The molecule has 2 rings (SSSR count). The number of fused-ring (bicyclic) bond motifs is 1. The lowest BCUT2D eigenvalue weighted by molar-refractivity contribution is -0.114. The summed E-state index contributed by atoms with van der Waals surface area (Å²) in [6, 6.07) is 0. The van der Waals surface area contributed by atoms with Crippen LogP contribution < -0.4 is 10.6 Å². The van der Waals surface area contributed by atoms with Crippen molar-refractivity contribution in [2.24, 2.45) is 0 Å². The minimum Gasteiger partial charge on any atom is -0.368 e. The van der Waals surface area contributed by atoms with Gasteiger partial charge in [0.25, 0.3) is 0 Å². The number of amides is 1. The van der Waals surface area contributed by atoms with Crippen molar-refractivity contribution in [1.82, 2.24) is 9.78 Å². The summed E-state index contributed by atoms with van der Waals surface area (Å²) in [5, 5.41) is 10.1. The normalized spacial score (nSPS) is 14.5. The molecule has 0 fully saturated rings.